The summed E-state index contributed by atoms with van der Waals surface area (Å²) in [4.78, 5) is 24.9. The van der Waals surface area contributed by atoms with E-state index in [1.165, 1.54) is 5.56 Å². The Kier molecular flexibility index (Phi) is 9.48. The van der Waals surface area contributed by atoms with E-state index in [4.69, 9.17) is 5.11 Å². The second-order valence-electron chi connectivity index (χ2n) is 8.12. The molecule has 1 amide bonds. The predicted octanol–water partition coefficient (Wildman–Crippen LogP) is 4.09. The largest absolute Gasteiger partial charge is 0.481 e. The Morgan fingerprint density at radius 2 is 2.04 bits per heavy atom. The molecule has 1 aromatic rings. The monoisotopic (exact) mass is 389 g/mol. The van der Waals surface area contributed by atoms with E-state index in [0.717, 1.165) is 50.6 Å². The topological polar surface area (TPSA) is 77.8 Å². The molecule has 1 aliphatic heterocycles. The lowest BCUT2D eigenvalue weighted by molar-refractivity contribution is -0.137. The molecular weight excluding hydrogens is 354 g/mol. The molecule has 0 aliphatic carbocycles. The van der Waals surface area contributed by atoms with Crippen molar-refractivity contribution in [3.05, 3.63) is 35.4 Å². The maximum atomic E-state index is 12.4. The number of aliphatic hydroxyl groups is 1. The SMILES string of the molecule is Cc1cccc(CC(O)CC[C@H]2CCCC(=O)N2CCCCCCC(=O)O)c1. The van der Waals surface area contributed by atoms with Crippen molar-refractivity contribution >= 4 is 11.9 Å². The Morgan fingerprint density at radius 1 is 1.25 bits per heavy atom. The van der Waals surface area contributed by atoms with Gasteiger partial charge in [0.2, 0.25) is 5.91 Å². The predicted molar refractivity (Wildman–Crippen MR) is 110 cm³/mol. The van der Waals surface area contributed by atoms with E-state index in [1.807, 2.05) is 11.0 Å². The number of likely N-dealkylation sites (tertiary alicyclic amines) is 1. The van der Waals surface area contributed by atoms with Gasteiger partial charge >= 0.3 is 5.97 Å². The van der Waals surface area contributed by atoms with Gasteiger partial charge in [0.1, 0.15) is 0 Å². The van der Waals surface area contributed by atoms with Gasteiger partial charge in [-0.1, -0.05) is 42.7 Å². The Bertz CT molecular complexity index is 631. The number of carboxylic acids is 1. The van der Waals surface area contributed by atoms with Crippen molar-refractivity contribution in [2.24, 2.45) is 0 Å². The van der Waals surface area contributed by atoms with Crippen LogP contribution in [0.25, 0.3) is 0 Å². The first-order valence-corrected chi connectivity index (χ1v) is 10.7. The molecule has 5 nitrogen and oxygen atoms in total. The summed E-state index contributed by atoms with van der Waals surface area (Å²) in [6.07, 6.45) is 8.13. The average Bonchev–Trinajstić information content (AvgIpc) is 2.64. The lowest BCUT2D eigenvalue weighted by Crippen LogP contribution is -2.44. The van der Waals surface area contributed by atoms with Crippen LogP contribution in [0.1, 0.15) is 75.3 Å². The van der Waals surface area contributed by atoms with Crippen LogP contribution in [0, 0.1) is 6.92 Å². The number of carbonyl (C=O) groups excluding carboxylic acids is 1. The maximum absolute atomic E-state index is 12.4. The van der Waals surface area contributed by atoms with Gasteiger partial charge in [0.05, 0.1) is 6.10 Å². The number of carbonyl (C=O) groups is 2. The standard InChI is InChI=1S/C23H35NO4/c1-18-8-6-9-19(16-18)17-21(25)14-13-20-10-7-11-22(26)24(20)15-5-3-2-4-12-23(27)28/h6,8-9,16,20-21,25H,2-5,7,10-15,17H2,1H3,(H,27,28)/t20-,21?/m1/s1. The summed E-state index contributed by atoms with van der Waals surface area (Å²) in [7, 11) is 0. The number of hydrogen-bond acceptors (Lipinski definition) is 3. The molecule has 28 heavy (non-hydrogen) atoms. The summed E-state index contributed by atoms with van der Waals surface area (Å²) in [6, 6.07) is 8.48. The molecule has 2 N–H and O–H groups in total. The van der Waals surface area contributed by atoms with E-state index in [9.17, 15) is 14.7 Å². The zero-order valence-corrected chi connectivity index (χ0v) is 17.1. The number of aryl methyl sites for hydroxylation is 1. The third-order valence-corrected chi connectivity index (χ3v) is 5.62. The number of carboxylic acid groups (broad SMARTS) is 1. The molecule has 1 unspecified atom stereocenters. The second-order valence-corrected chi connectivity index (χ2v) is 8.12. The molecule has 0 aromatic heterocycles. The van der Waals surface area contributed by atoms with E-state index in [0.29, 0.717) is 25.7 Å². The minimum atomic E-state index is -0.740. The zero-order chi connectivity index (χ0) is 20.4. The summed E-state index contributed by atoms with van der Waals surface area (Å²) in [5.41, 5.74) is 2.36. The van der Waals surface area contributed by atoms with E-state index >= 15 is 0 Å². The minimum absolute atomic E-state index is 0.226. The van der Waals surface area contributed by atoms with Crippen molar-refractivity contribution in [3.8, 4) is 0 Å². The van der Waals surface area contributed by atoms with E-state index in [-0.39, 0.29) is 24.5 Å². The number of unbranched alkanes of at least 4 members (excludes halogenated alkanes) is 3. The second kappa shape index (κ2) is 11.8. The van der Waals surface area contributed by atoms with Gasteiger partial charge in [0.15, 0.2) is 0 Å². The molecule has 5 heteroatoms. The quantitative estimate of drug-likeness (QED) is 0.528. The van der Waals surface area contributed by atoms with E-state index < -0.39 is 5.97 Å². The Balaban J connectivity index is 1.74. The summed E-state index contributed by atoms with van der Waals surface area (Å²) < 4.78 is 0. The minimum Gasteiger partial charge on any atom is -0.481 e. The van der Waals surface area contributed by atoms with Crippen molar-refractivity contribution < 1.29 is 19.8 Å². The van der Waals surface area contributed by atoms with Gasteiger partial charge in [0.25, 0.3) is 0 Å². The Hall–Kier alpha value is -1.88. The Labute approximate surface area is 168 Å². The highest BCUT2D eigenvalue weighted by atomic mass is 16.4. The number of benzene rings is 1. The van der Waals surface area contributed by atoms with Crippen LogP contribution in [0.5, 0.6) is 0 Å². The summed E-state index contributed by atoms with van der Waals surface area (Å²) in [5.74, 6) is -0.509. The van der Waals surface area contributed by atoms with Crippen LogP contribution in [0.15, 0.2) is 24.3 Å². The van der Waals surface area contributed by atoms with Gasteiger partial charge < -0.3 is 15.1 Å². The van der Waals surface area contributed by atoms with Gasteiger partial charge in [-0.15, -0.1) is 0 Å². The molecule has 2 rings (SSSR count). The molecule has 0 radical (unpaired) electrons. The molecule has 2 atom stereocenters. The van der Waals surface area contributed by atoms with Crippen LogP contribution in [0.2, 0.25) is 0 Å². The maximum Gasteiger partial charge on any atom is 0.303 e. The molecule has 156 valence electrons. The van der Waals surface area contributed by atoms with Gasteiger partial charge in [-0.25, -0.2) is 0 Å². The van der Waals surface area contributed by atoms with E-state index in [1.54, 1.807) is 0 Å². The number of nitrogens with zero attached hydrogens (tertiary/aromatic N) is 1. The number of piperidine rings is 1. The first kappa shape index (κ1) is 22.4. The number of amides is 1. The fourth-order valence-corrected chi connectivity index (χ4v) is 4.11. The summed E-state index contributed by atoms with van der Waals surface area (Å²) in [6.45, 7) is 2.81. The van der Waals surface area contributed by atoms with Gasteiger partial charge in [-0.3, -0.25) is 9.59 Å². The van der Waals surface area contributed by atoms with Crippen LogP contribution in [0.4, 0.5) is 0 Å². The first-order valence-electron chi connectivity index (χ1n) is 10.7. The van der Waals surface area contributed by atoms with Gasteiger partial charge in [-0.05, 0) is 57.4 Å². The number of aliphatic hydroxyl groups excluding tert-OH is 1. The van der Waals surface area contributed by atoms with Crippen LogP contribution in [-0.2, 0) is 16.0 Å². The highest BCUT2D eigenvalue weighted by Gasteiger charge is 2.27. The van der Waals surface area contributed by atoms with Crippen LogP contribution in [-0.4, -0.2) is 45.7 Å². The summed E-state index contributed by atoms with van der Waals surface area (Å²) in [5, 5.41) is 19.1. The highest BCUT2D eigenvalue weighted by Crippen LogP contribution is 2.24. The fourth-order valence-electron chi connectivity index (χ4n) is 4.11. The normalized spacial score (nSPS) is 18.3. The van der Waals surface area contributed by atoms with Crippen molar-refractivity contribution in [3.63, 3.8) is 0 Å². The highest BCUT2D eigenvalue weighted by molar-refractivity contribution is 5.77. The molecule has 0 bridgehead atoms. The number of aliphatic carboxylic acids is 1. The van der Waals surface area contributed by atoms with Crippen molar-refractivity contribution in [2.75, 3.05) is 6.54 Å². The molecule has 1 aromatic carbocycles. The fraction of sp³-hybridized carbons (Fsp3) is 0.652. The first-order chi connectivity index (χ1) is 13.5. The molecular formula is C23H35NO4. The van der Waals surface area contributed by atoms with Crippen LogP contribution in [0.3, 0.4) is 0 Å². The zero-order valence-electron chi connectivity index (χ0n) is 17.1. The molecule has 1 fully saturated rings. The van der Waals surface area contributed by atoms with Crippen molar-refractivity contribution in [2.45, 2.75) is 89.7 Å². The van der Waals surface area contributed by atoms with Crippen molar-refractivity contribution in [1.82, 2.24) is 4.90 Å². The lowest BCUT2D eigenvalue weighted by atomic mass is 9.94. The van der Waals surface area contributed by atoms with Crippen LogP contribution < -0.4 is 0 Å². The molecule has 1 heterocycles. The number of rotatable bonds is 12. The van der Waals surface area contributed by atoms with Gasteiger partial charge in [0, 0.05) is 25.4 Å². The van der Waals surface area contributed by atoms with Crippen LogP contribution >= 0.6 is 0 Å². The van der Waals surface area contributed by atoms with Gasteiger partial charge in [-0.2, -0.15) is 0 Å². The van der Waals surface area contributed by atoms with Crippen molar-refractivity contribution in [1.29, 1.82) is 0 Å². The van der Waals surface area contributed by atoms with E-state index in [2.05, 4.69) is 25.1 Å². The number of hydrogen-bond donors (Lipinski definition) is 2. The molecule has 1 aliphatic rings. The summed E-state index contributed by atoms with van der Waals surface area (Å²) >= 11 is 0. The molecule has 0 spiro atoms. The molecule has 0 saturated carbocycles. The average molecular weight is 390 g/mol. The Morgan fingerprint density at radius 3 is 2.79 bits per heavy atom. The third-order valence-electron chi connectivity index (χ3n) is 5.62. The third kappa shape index (κ3) is 8.01. The smallest absolute Gasteiger partial charge is 0.303 e. The molecule has 1 saturated heterocycles. The lowest BCUT2D eigenvalue weighted by Gasteiger charge is -2.36.